The summed E-state index contributed by atoms with van der Waals surface area (Å²) < 4.78 is 13.6. The molecule has 1 atom stereocenters. The van der Waals surface area contributed by atoms with Crippen molar-refractivity contribution in [2.45, 2.75) is 25.3 Å². The highest BCUT2D eigenvalue weighted by atomic mass is 19.1. The molecule has 1 aliphatic rings. The summed E-state index contributed by atoms with van der Waals surface area (Å²) in [4.78, 5) is 19.1. The lowest BCUT2D eigenvalue weighted by molar-refractivity contribution is -0.131. The second kappa shape index (κ2) is 6.63. The van der Waals surface area contributed by atoms with E-state index in [1.807, 2.05) is 41.4 Å². The van der Waals surface area contributed by atoms with Crippen LogP contribution in [-0.4, -0.2) is 22.3 Å². The van der Waals surface area contributed by atoms with E-state index in [0.717, 1.165) is 41.3 Å². The highest BCUT2D eigenvalue weighted by Crippen LogP contribution is 2.33. The number of carbonyl (C=O) groups is 1. The van der Waals surface area contributed by atoms with Crippen molar-refractivity contribution in [3.63, 3.8) is 0 Å². The van der Waals surface area contributed by atoms with Gasteiger partial charge in [-0.3, -0.25) is 9.78 Å². The minimum Gasteiger partial charge on any atom is -0.335 e. The van der Waals surface area contributed by atoms with E-state index in [1.54, 1.807) is 12.3 Å². The van der Waals surface area contributed by atoms with E-state index in [9.17, 15) is 9.18 Å². The van der Waals surface area contributed by atoms with Gasteiger partial charge in [0.25, 0.3) is 0 Å². The Labute approximate surface area is 146 Å². The average Bonchev–Trinajstić information content (AvgIpc) is 3.12. The fourth-order valence-corrected chi connectivity index (χ4v) is 3.71. The van der Waals surface area contributed by atoms with Crippen LogP contribution in [0.1, 0.15) is 30.0 Å². The highest BCUT2D eigenvalue weighted by Gasteiger charge is 2.30. The molecule has 3 aromatic rings. The summed E-state index contributed by atoms with van der Waals surface area (Å²) in [5.74, 6) is -0.181. The van der Waals surface area contributed by atoms with Crippen molar-refractivity contribution >= 4 is 16.7 Å². The molecule has 4 rings (SSSR count). The predicted octanol–water partition coefficient (Wildman–Crippen LogP) is 4.28. The Bertz CT molecular complexity index is 919. The molecule has 1 aromatic heterocycles. The zero-order valence-corrected chi connectivity index (χ0v) is 13.9. The van der Waals surface area contributed by atoms with Crippen LogP contribution in [0.15, 0.2) is 60.9 Å². The maximum Gasteiger partial charge on any atom is 0.227 e. The zero-order chi connectivity index (χ0) is 17.2. The molecule has 0 radical (unpaired) electrons. The number of amides is 1. The second-order valence-corrected chi connectivity index (χ2v) is 6.50. The first kappa shape index (κ1) is 15.8. The van der Waals surface area contributed by atoms with Crippen molar-refractivity contribution in [2.24, 2.45) is 0 Å². The summed E-state index contributed by atoms with van der Waals surface area (Å²) >= 11 is 0. The van der Waals surface area contributed by atoms with Crippen LogP contribution in [0, 0.1) is 5.82 Å². The van der Waals surface area contributed by atoms with E-state index in [4.69, 9.17) is 0 Å². The Balaban J connectivity index is 1.59. The molecular formula is C21H19FN2O. The fraction of sp³-hybridized carbons (Fsp3) is 0.238. The molecule has 1 aliphatic heterocycles. The standard InChI is InChI=1S/C21H19FN2O/c22-18-7-3-6-15(11-18)20-9-4-10-24(20)21(25)12-17-14-23-13-16-5-1-2-8-19(16)17/h1-3,5-8,11,13-14,20H,4,9-10,12H2. The monoisotopic (exact) mass is 334 g/mol. The van der Waals surface area contributed by atoms with Crippen molar-refractivity contribution in [2.75, 3.05) is 6.54 Å². The summed E-state index contributed by atoms with van der Waals surface area (Å²) in [6.45, 7) is 0.720. The average molecular weight is 334 g/mol. The van der Waals surface area contributed by atoms with E-state index in [2.05, 4.69) is 4.98 Å². The van der Waals surface area contributed by atoms with Crippen molar-refractivity contribution in [3.8, 4) is 0 Å². The van der Waals surface area contributed by atoms with Crippen LogP contribution in [0.3, 0.4) is 0 Å². The normalized spacial score (nSPS) is 17.2. The number of carbonyl (C=O) groups excluding carboxylic acids is 1. The Morgan fingerprint density at radius 2 is 2.04 bits per heavy atom. The topological polar surface area (TPSA) is 33.2 Å². The Hall–Kier alpha value is -2.75. The zero-order valence-electron chi connectivity index (χ0n) is 13.9. The summed E-state index contributed by atoms with van der Waals surface area (Å²) in [6.07, 6.45) is 5.73. The number of fused-ring (bicyclic) bond motifs is 1. The molecule has 3 nitrogen and oxygen atoms in total. The molecule has 1 saturated heterocycles. The van der Waals surface area contributed by atoms with Crippen LogP contribution in [0.4, 0.5) is 4.39 Å². The van der Waals surface area contributed by atoms with Crippen LogP contribution in [-0.2, 0) is 11.2 Å². The minimum absolute atomic E-state index is 0.0360. The molecule has 1 unspecified atom stereocenters. The second-order valence-electron chi connectivity index (χ2n) is 6.50. The van der Waals surface area contributed by atoms with Crippen molar-refractivity contribution < 1.29 is 9.18 Å². The van der Waals surface area contributed by atoms with Gasteiger partial charge in [-0.05, 0) is 41.5 Å². The highest BCUT2D eigenvalue weighted by molar-refractivity contribution is 5.89. The first-order chi connectivity index (χ1) is 12.2. The molecule has 1 amide bonds. The quantitative estimate of drug-likeness (QED) is 0.716. The third-order valence-electron chi connectivity index (χ3n) is 4.90. The van der Waals surface area contributed by atoms with E-state index >= 15 is 0 Å². The largest absolute Gasteiger partial charge is 0.335 e. The maximum absolute atomic E-state index is 13.6. The lowest BCUT2D eigenvalue weighted by Crippen LogP contribution is -2.32. The van der Waals surface area contributed by atoms with Gasteiger partial charge in [0.05, 0.1) is 12.5 Å². The minimum atomic E-state index is -0.255. The number of hydrogen-bond donors (Lipinski definition) is 0. The summed E-state index contributed by atoms with van der Waals surface area (Å²) in [5, 5.41) is 2.10. The number of rotatable bonds is 3. The first-order valence-electron chi connectivity index (χ1n) is 8.59. The molecule has 1 fully saturated rings. The van der Waals surface area contributed by atoms with E-state index < -0.39 is 0 Å². The predicted molar refractivity (Wildman–Crippen MR) is 95.5 cm³/mol. The molecule has 0 aliphatic carbocycles. The van der Waals surface area contributed by atoms with Gasteiger partial charge in [-0.15, -0.1) is 0 Å². The van der Waals surface area contributed by atoms with Gasteiger partial charge in [0.2, 0.25) is 5.91 Å². The molecule has 126 valence electrons. The number of pyridine rings is 1. The van der Waals surface area contributed by atoms with E-state index in [-0.39, 0.29) is 17.8 Å². The fourth-order valence-electron chi connectivity index (χ4n) is 3.71. The number of halogens is 1. The van der Waals surface area contributed by atoms with Gasteiger partial charge in [0, 0.05) is 24.3 Å². The number of nitrogens with zero attached hydrogens (tertiary/aromatic N) is 2. The van der Waals surface area contributed by atoms with Gasteiger partial charge >= 0.3 is 0 Å². The first-order valence-corrected chi connectivity index (χ1v) is 8.59. The summed E-state index contributed by atoms with van der Waals surface area (Å²) in [5.41, 5.74) is 1.81. The molecule has 2 aromatic carbocycles. The summed E-state index contributed by atoms with van der Waals surface area (Å²) in [6, 6.07) is 14.5. The van der Waals surface area contributed by atoms with Gasteiger partial charge in [0.15, 0.2) is 0 Å². The Kier molecular flexibility index (Phi) is 4.18. The van der Waals surface area contributed by atoms with Crippen molar-refractivity contribution in [3.05, 3.63) is 77.9 Å². The van der Waals surface area contributed by atoms with Gasteiger partial charge in [-0.2, -0.15) is 0 Å². The van der Waals surface area contributed by atoms with E-state index in [1.165, 1.54) is 12.1 Å². The van der Waals surface area contributed by atoms with Crippen LogP contribution in [0.2, 0.25) is 0 Å². The maximum atomic E-state index is 13.6. The summed E-state index contributed by atoms with van der Waals surface area (Å²) in [7, 11) is 0. The smallest absolute Gasteiger partial charge is 0.227 e. The Morgan fingerprint density at radius 1 is 1.16 bits per heavy atom. The third-order valence-corrected chi connectivity index (χ3v) is 4.90. The van der Waals surface area contributed by atoms with Crippen LogP contribution in [0.5, 0.6) is 0 Å². The third kappa shape index (κ3) is 3.12. The van der Waals surface area contributed by atoms with Gasteiger partial charge in [-0.1, -0.05) is 36.4 Å². The molecular weight excluding hydrogens is 315 g/mol. The van der Waals surface area contributed by atoms with Crippen LogP contribution in [0.25, 0.3) is 10.8 Å². The van der Waals surface area contributed by atoms with Crippen LogP contribution < -0.4 is 0 Å². The van der Waals surface area contributed by atoms with E-state index in [0.29, 0.717) is 6.42 Å². The van der Waals surface area contributed by atoms with Crippen molar-refractivity contribution in [1.82, 2.24) is 9.88 Å². The Morgan fingerprint density at radius 3 is 2.92 bits per heavy atom. The lowest BCUT2D eigenvalue weighted by Gasteiger charge is -2.25. The molecule has 0 bridgehead atoms. The molecule has 25 heavy (non-hydrogen) atoms. The van der Waals surface area contributed by atoms with Gasteiger partial charge in [-0.25, -0.2) is 4.39 Å². The lowest BCUT2D eigenvalue weighted by atomic mass is 10.0. The molecule has 4 heteroatoms. The molecule has 2 heterocycles. The van der Waals surface area contributed by atoms with Crippen LogP contribution >= 0.6 is 0 Å². The van der Waals surface area contributed by atoms with Gasteiger partial charge < -0.3 is 4.90 Å². The number of aromatic nitrogens is 1. The molecule has 0 saturated carbocycles. The molecule has 0 N–H and O–H groups in total. The number of hydrogen-bond acceptors (Lipinski definition) is 2. The molecule has 0 spiro atoms. The number of likely N-dealkylation sites (tertiary alicyclic amines) is 1. The van der Waals surface area contributed by atoms with Gasteiger partial charge in [0.1, 0.15) is 5.82 Å². The van der Waals surface area contributed by atoms with Crippen molar-refractivity contribution in [1.29, 1.82) is 0 Å². The number of benzene rings is 2. The SMILES string of the molecule is O=C(Cc1cncc2ccccc12)N1CCCC1c1cccc(F)c1.